The van der Waals surface area contributed by atoms with Gasteiger partial charge in [-0.25, -0.2) is 0 Å². The van der Waals surface area contributed by atoms with Crippen LogP contribution in [0.3, 0.4) is 0 Å². The molecule has 2 rings (SSSR count). The first-order valence-corrected chi connectivity index (χ1v) is 6.14. The lowest BCUT2D eigenvalue weighted by Gasteiger charge is -2.12. The van der Waals surface area contributed by atoms with E-state index in [-0.39, 0.29) is 16.7 Å². The number of furan rings is 1. The van der Waals surface area contributed by atoms with Crippen LogP contribution in [0.4, 0.5) is 5.69 Å². The number of hydrogen-bond acceptors (Lipinski definition) is 4. The highest BCUT2D eigenvalue weighted by Gasteiger charge is 2.08. The molecule has 1 N–H and O–H groups in total. The second-order valence-corrected chi connectivity index (χ2v) is 4.49. The third kappa shape index (κ3) is 3.93. The Morgan fingerprint density at radius 3 is 2.89 bits per heavy atom. The summed E-state index contributed by atoms with van der Waals surface area (Å²) in [7, 11) is 0. The first kappa shape index (κ1) is 13.3. The molecule has 1 heterocycles. The molecule has 2 aromatic rings. The minimum absolute atomic E-state index is 0.123. The van der Waals surface area contributed by atoms with E-state index in [0.29, 0.717) is 6.54 Å². The molecule has 0 aliphatic rings. The molecule has 19 heavy (non-hydrogen) atoms. The number of hydrogen-bond donors (Lipinski definition) is 1. The Morgan fingerprint density at radius 2 is 2.21 bits per heavy atom. The van der Waals surface area contributed by atoms with Crippen molar-refractivity contribution in [1.29, 1.82) is 0 Å². The number of rotatable bonds is 6. The van der Waals surface area contributed by atoms with Crippen molar-refractivity contribution in [2.24, 2.45) is 0 Å². The number of benzene rings is 1. The van der Waals surface area contributed by atoms with Crippen molar-refractivity contribution in [2.45, 2.75) is 25.9 Å². The van der Waals surface area contributed by atoms with E-state index in [9.17, 15) is 10.1 Å². The predicted molar refractivity (Wildman–Crippen MR) is 71.8 cm³/mol. The van der Waals surface area contributed by atoms with Crippen molar-refractivity contribution in [3.8, 4) is 0 Å². The molecule has 0 aliphatic carbocycles. The Labute approximate surface area is 111 Å². The lowest BCUT2D eigenvalue weighted by Crippen LogP contribution is -2.27. The Bertz CT molecular complexity index is 537. The summed E-state index contributed by atoms with van der Waals surface area (Å²) in [5, 5.41) is 14.0. The van der Waals surface area contributed by atoms with Gasteiger partial charge in [0.2, 0.25) is 0 Å². The highest BCUT2D eigenvalue weighted by molar-refractivity contribution is 5.34. The zero-order valence-electron chi connectivity index (χ0n) is 10.7. The SMILES string of the molecule is CC(Cc1ccco1)NCc1cccc([N+](=O)[O-])c1. The van der Waals surface area contributed by atoms with Gasteiger partial charge >= 0.3 is 0 Å². The third-order valence-electron chi connectivity index (χ3n) is 2.86. The fourth-order valence-electron chi connectivity index (χ4n) is 1.87. The van der Waals surface area contributed by atoms with Crippen molar-refractivity contribution >= 4 is 5.69 Å². The molecule has 5 nitrogen and oxygen atoms in total. The maximum Gasteiger partial charge on any atom is 0.269 e. The maximum absolute atomic E-state index is 10.7. The second-order valence-electron chi connectivity index (χ2n) is 4.49. The zero-order chi connectivity index (χ0) is 13.7. The predicted octanol–water partition coefficient (Wildman–Crippen LogP) is 2.91. The molecule has 0 fully saturated rings. The molecular formula is C14H16N2O3. The minimum Gasteiger partial charge on any atom is -0.469 e. The van der Waals surface area contributed by atoms with Crippen molar-refractivity contribution in [3.05, 3.63) is 64.1 Å². The number of nitro benzene ring substituents is 1. The van der Waals surface area contributed by atoms with E-state index in [1.165, 1.54) is 6.07 Å². The molecule has 1 unspecified atom stereocenters. The fourth-order valence-corrected chi connectivity index (χ4v) is 1.87. The van der Waals surface area contributed by atoms with Crippen LogP contribution < -0.4 is 5.32 Å². The van der Waals surface area contributed by atoms with Crippen LogP contribution in [-0.4, -0.2) is 11.0 Å². The monoisotopic (exact) mass is 260 g/mol. The summed E-state index contributed by atoms with van der Waals surface area (Å²) in [6.07, 6.45) is 2.45. The average molecular weight is 260 g/mol. The Balaban J connectivity index is 1.88. The molecule has 1 atom stereocenters. The van der Waals surface area contributed by atoms with E-state index < -0.39 is 0 Å². The Morgan fingerprint density at radius 1 is 1.37 bits per heavy atom. The summed E-state index contributed by atoms with van der Waals surface area (Å²) < 4.78 is 5.28. The second kappa shape index (κ2) is 6.15. The first-order chi connectivity index (χ1) is 9.15. The van der Waals surface area contributed by atoms with Gasteiger partial charge in [0.25, 0.3) is 5.69 Å². The van der Waals surface area contributed by atoms with E-state index in [1.807, 2.05) is 18.2 Å². The highest BCUT2D eigenvalue weighted by Crippen LogP contribution is 2.13. The maximum atomic E-state index is 10.7. The smallest absolute Gasteiger partial charge is 0.269 e. The molecule has 5 heteroatoms. The molecule has 1 aromatic carbocycles. The van der Waals surface area contributed by atoms with Crippen LogP contribution in [0, 0.1) is 10.1 Å². The summed E-state index contributed by atoms with van der Waals surface area (Å²) in [5.74, 6) is 0.930. The van der Waals surface area contributed by atoms with Crippen LogP contribution in [0.15, 0.2) is 47.1 Å². The van der Waals surface area contributed by atoms with E-state index in [0.717, 1.165) is 17.7 Å². The van der Waals surface area contributed by atoms with Gasteiger partial charge in [-0.2, -0.15) is 0 Å². The van der Waals surface area contributed by atoms with E-state index in [2.05, 4.69) is 12.2 Å². The highest BCUT2D eigenvalue weighted by atomic mass is 16.6. The van der Waals surface area contributed by atoms with Crippen LogP contribution >= 0.6 is 0 Å². The summed E-state index contributed by atoms with van der Waals surface area (Å²) in [6.45, 7) is 2.66. The number of nitrogens with zero attached hydrogens (tertiary/aromatic N) is 1. The molecule has 0 radical (unpaired) electrons. The molecular weight excluding hydrogens is 244 g/mol. The number of nitrogens with one attached hydrogen (secondary N) is 1. The zero-order valence-corrected chi connectivity index (χ0v) is 10.7. The van der Waals surface area contributed by atoms with Gasteiger partial charge in [-0.15, -0.1) is 0 Å². The van der Waals surface area contributed by atoms with Gasteiger partial charge in [-0.1, -0.05) is 12.1 Å². The third-order valence-corrected chi connectivity index (χ3v) is 2.86. The van der Waals surface area contributed by atoms with Crippen molar-refractivity contribution < 1.29 is 9.34 Å². The summed E-state index contributed by atoms with van der Waals surface area (Å²) in [6, 6.07) is 10.7. The van der Waals surface area contributed by atoms with E-state index >= 15 is 0 Å². The lowest BCUT2D eigenvalue weighted by molar-refractivity contribution is -0.384. The molecule has 0 saturated heterocycles. The van der Waals surface area contributed by atoms with Crippen LogP contribution in [0.5, 0.6) is 0 Å². The van der Waals surface area contributed by atoms with Gasteiger partial charge in [-0.3, -0.25) is 10.1 Å². The standard InChI is InChI=1S/C14H16N2O3/c1-11(8-14-6-3-7-19-14)15-10-12-4-2-5-13(9-12)16(17)18/h2-7,9,11,15H,8,10H2,1H3. The van der Waals surface area contributed by atoms with E-state index in [4.69, 9.17) is 4.42 Å². The number of non-ortho nitro benzene ring substituents is 1. The van der Waals surface area contributed by atoms with Gasteiger partial charge in [0.05, 0.1) is 11.2 Å². The average Bonchev–Trinajstić information content (AvgIpc) is 2.89. The van der Waals surface area contributed by atoms with Gasteiger partial charge in [0.1, 0.15) is 5.76 Å². The summed E-state index contributed by atoms with van der Waals surface area (Å²) >= 11 is 0. The van der Waals surface area contributed by atoms with Gasteiger partial charge in [-0.05, 0) is 24.6 Å². The molecule has 100 valence electrons. The molecule has 1 aromatic heterocycles. The van der Waals surface area contributed by atoms with Crippen molar-refractivity contribution in [3.63, 3.8) is 0 Å². The van der Waals surface area contributed by atoms with Gasteiger partial charge < -0.3 is 9.73 Å². The van der Waals surface area contributed by atoms with Crippen LogP contribution in [0.25, 0.3) is 0 Å². The largest absolute Gasteiger partial charge is 0.469 e. The molecule has 0 saturated carbocycles. The van der Waals surface area contributed by atoms with Crippen molar-refractivity contribution in [1.82, 2.24) is 5.32 Å². The molecule has 0 bridgehead atoms. The van der Waals surface area contributed by atoms with Crippen LogP contribution in [-0.2, 0) is 13.0 Å². The molecule has 0 amide bonds. The normalized spacial score (nSPS) is 12.3. The van der Waals surface area contributed by atoms with E-state index in [1.54, 1.807) is 18.4 Å². The van der Waals surface area contributed by atoms with Gasteiger partial charge in [0.15, 0.2) is 0 Å². The van der Waals surface area contributed by atoms with Crippen molar-refractivity contribution in [2.75, 3.05) is 0 Å². The summed E-state index contributed by atoms with van der Waals surface area (Å²) in [4.78, 5) is 10.3. The topological polar surface area (TPSA) is 68.3 Å². The molecule has 0 spiro atoms. The van der Waals surface area contributed by atoms with Crippen LogP contribution in [0.2, 0.25) is 0 Å². The Hall–Kier alpha value is -2.14. The fraction of sp³-hybridized carbons (Fsp3) is 0.286. The minimum atomic E-state index is -0.379. The van der Waals surface area contributed by atoms with Gasteiger partial charge in [0, 0.05) is 31.1 Å². The molecule has 0 aliphatic heterocycles. The Kier molecular flexibility index (Phi) is 4.30. The summed E-state index contributed by atoms with van der Waals surface area (Å²) in [5.41, 5.74) is 1.03. The van der Waals surface area contributed by atoms with Crippen LogP contribution in [0.1, 0.15) is 18.2 Å². The quantitative estimate of drug-likeness (QED) is 0.640. The first-order valence-electron chi connectivity index (χ1n) is 6.14. The number of nitro groups is 1. The lowest BCUT2D eigenvalue weighted by atomic mass is 10.1.